The average Bonchev–Trinajstić information content (AvgIpc) is 3.34. The lowest BCUT2D eigenvalue weighted by atomic mass is 10.2. The molecule has 6 nitrogen and oxygen atoms in total. The molecule has 0 fully saturated rings. The molecule has 0 atom stereocenters. The van der Waals surface area contributed by atoms with E-state index in [4.69, 9.17) is 16.1 Å². The summed E-state index contributed by atoms with van der Waals surface area (Å²) in [5, 5.41) is 13.6. The minimum atomic E-state index is -0.385. The molecule has 0 saturated heterocycles. The molecule has 0 bridgehead atoms. The molecular weight excluding hydrogens is 413 g/mol. The molecule has 4 rings (SSSR count). The van der Waals surface area contributed by atoms with Gasteiger partial charge in [0.1, 0.15) is 5.82 Å². The van der Waals surface area contributed by atoms with Crippen LogP contribution in [0.3, 0.4) is 0 Å². The molecule has 0 unspecified atom stereocenters. The van der Waals surface area contributed by atoms with Gasteiger partial charge in [0.15, 0.2) is 16.8 Å². The quantitative estimate of drug-likeness (QED) is 0.375. The van der Waals surface area contributed by atoms with E-state index in [-0.39, 0.29) is 11.7 Å². The third-order valence-electron chi connectivity index (χ3n) is 4.15. The van der Waals surface area contributed by atoms with Crippen LogP contribution in [0.25, 0.3) is 17.1 Å². The first-order chi connectivity index (χ1) is 14.0. The van der Waals surface area contributed by atoms with E-state index in [9.17, 15) is 4.39 Å². The third kappa shape index (κ3) is 4.04. The zero-order valence-corrected chi connectivity index (χ0v) is 17.3. The molecule has 0 amide bonds. The first-order valence-electron chi connectivity index (χ1n) is 8.95. The van der Waals surface area contributed by atoms with Crippen LogP contribution in [0, 0.1) is 5.82 Å². The Morgan fingerprint density at radius 1 is 1.10 bits per heavy atom. The van der Waals surface area contributed by atoms with Gasteiger partial charge in [0.05, 0.1) is 16.5 Å². The number of para-hydroxylation sites is 1. The number of rotatable bonds is 6. The molecule has 0 aliphatic rings. The van der Waals surface area contributed by atoms with Gasteiger partial charge in [-0.25, -0.2) is 4.39 Å². The van der Waals surface area contributed by atoms with Crippen molar-refractivity contribution in [3.8, 4) is 17.1 Å². The first kappa shape index (κ1) is 19.6. The van der Waals surface area contributed by atoms with Gasteiger partial charge in [0.25, 0.3) is 0 Å². The number of aromatic nitrogens is 5. The molecule has 2 aromatic carbocycles. The standard InChI is InChI=1S/C20H17ClFN5OS/c1-12(2)19-23-17(26-28-19)11-29-20-25-24-18(13-7-3-4-8-14(13)21)27(20)16-10-6-5-9-15(16)22/h3-10,12H,11H2,1-2H3. The van der Waals surface area contributed by atoms with Gasteiger partial charge in [-0.05, 0) is 24.3 Å². The van der Waals surface area contributed by atoms with Crippen molar-refractivity contribution in [2.75, 3.05) is 0 Å². The van der Waals surface area contributed by atoms with E-state index in [0.717, 1.165) is 0 Å². The summed E-state index contributed by atoms with van der Waals surface area (Å²) in [7, 11) is 0. The van der Waals surface area contributed by atoms with E-state index < -0.39 is 0 Å². The summed E-state index contributed by atoms with van der Waals surface area (Å²) in [6.07, 6.45) is 0. The number of nitrogens with zero attached hydrogens (tertiary/aromatic N) is 5. The fourth-order valence-corrected chi connectivity index (χ4v) is 3.73. The van der Waals surface area contributed by atoms with E-state index in [0.29, 0.717) is 44.7 Å². The zero-order valence-electron chi connectivity index (χ0n) is 15.7. The Labute approximate surface area is 176 Å². The van der Waals surface area contributed by atoms with Crippen LogP contribution >= 0.6 is 23.4 Å². The van der Waals surface area contributed by atoms with Gasteiger partial charge in [-0.15, -0.1) is 10.2 Å². The SMILES string of the molecule is CC(C)c1nc(CSc2nnc(-c3ccccc3Cl)n2-c2ccccc2F)no1. The molecule has 148 valence electrons. The Balaban J connectivity index is 1.74. The van der Waals surface area contributed by atoms with Crippen molar-refractivity contribution in [1.82, 2.24) is 24.9 Å². The van der Waals surface area contributed by atoms with Crippen LogP contribution in [-0.4, -0.2) is 24.9 Å². The van der Waals surface area contributed by atoms with Crippen LogP contribution in [-0.2, 0) is 5.75 Å². The molecule has 0 N–H and O–H groups in total. The van der Waals surface area contributed by atoms with Crippen molar-refractivity contribution in [3.05, 3.63) is 71.1 Å². The summed E-state index contributed by atoms with van der Waals surface area (Å²) < 4.78 is 21.5. The van der Waals surface area contributed by atoms with Crippen molar-refractivity contribution in [1.29, 1.82) is 0 Å². The lowest BCUT2D eigenvalue weighted by molar-refractivity contribution is 0.362. The predicted molar refractivity (Wildman–Crippen MR) is 110 cm³/mol. The molecule has 4 aromatic rings. The Morgan fingerprint density at radius 2 is 1.86 bits per heavy atom. The number of hydrogen-bond acceptors (Lipinski definition) is 6. The number of halogens is 2. The lowest BCUT2D eigenvalue weighted by Crippen LogP contribution is -2.03. The topological polar surface area (TPSA) is 69.6 Å². The molecular formula is C20H17ClFN5OS. The normalized spacial score (nSPS) is 11.3. The maximum atomic E-state index is 14.6. The maximum absolute atomic E-state index is 14.6. The van der Waals surface area contributed by atoms with Gasteiger partial charge in [0, 0.05) is 11.5 Å². The van der Waals surface area contributed by atoms with E-state index >= 15 is 0 Å². The van der Waals surface area contributed by atoms with Crippen LogP contribution in [0.1, 0.15) is 31.5 Å². The highest BCUT2D eigenvalue weighted by Gasteiger charge is 2.21. The molecule has 29 heavy (non-hydrogen) atoms. The number of thioether (sulfide) groups is 1. The second-order valence-corrected chi connectivity index (χ2v) is 7.91. The Hall–Kier alpha value is -2.71. The van der Waals surface area contributed by atoms with Crippen molar-refractivity contribution < 1.29 is 8.91 Å². The minimum absolute atomic E-state index is 0.148. The highest BCUT2D eigenvalue weighted by molar-refractivity contribution is 7.98. The van der Waals surface area contributed by atoms with Gasteiger partial charge in [0.2, 0.25) is 5.89 Å². The number of benzene rings is 2. The summed E-state index contributed by atoms with van der Waals surface area (Å²) in [6, 6.07) is 13.7. The monoisotopic (exact) mass is 429 g/mol. The van der Waals surface area contributed by atoms with Gasteiger partial charge in [-0.3, -0.25) is 4.57 Å². The summed E-state index contributed by atoms with van der Waals surface area (Å²) >= 11 is 7.70. The summed E-state index contributed by atoms with van der Waals surface area (Å²) in [4.78, 5) is 4.37. The van der Waals surface area contributed by atoms with Crippen LogP contribution < -0.4 is 0 Å². The highest BCUT2D eigenvalue weighted by Crippen LogP contribution is 2.33. The highest BCUT2D eigenvalue weighted by atomic mass is 35.5. The summed E-state index contributed by atoms with van der Waals surface area (Å²) in [5.74, 6) is 1.75. The fourth-order valence-electron chi connectivity index (χ4n) is 2.72. The lowest BCUT2D eigenvalue weighted by Gasteiger charge is -2.11. The van der Waals surface area contributed by atoms with Crippen molar-refractivity contribution >= 4 is 23.4 Å². The van der Waals surface area contributed by atoms with Gasteiger partial charge >= 0.3 is 0 Å². The van der Waals surface area contributed by atoms with E-state index in [2.05, 4.69) is 20.3 Å². The molecule has 2 aromatic heterocycles. The molecule has 0 aliphatic carbocycles. The third-order valence-corrected chi connectivity index (χ3v) is 5.40. The molecule has 0 saturated carbocycles. The van der Waals surface area contributed by atoms with Crippen molar-refractivity contribution in [2.45, 2.75) is 30.7 Å². The van der Waals surface area contributed by atoms with Crippen LogP contribution in [0.15, 0.2) is 58.2 Å². The minimum Gasteiger partial charge on any atom is -0.339 e. The average molecular weight is 430 g/mol. The molecule has 9 heteroatoms. The molecule has 2 heterocycles. The first-order valence-corrected chi connectivity index (χ1v) is 10.3. The van der Waals surface area contributed by atoms with Gasteiger partial charge in [-0.1, -0.05) is 66.6 Å². The second-order valence-electron chi connectivity index (χ2n) is 6.57. The molecule has 0 aliphatic heterocycles. The van der Waals surface area contributed by atoms with Crippen LogP contribution in [0.5, 0.6) is 0 Å². The molecule has 0 spiro atoms. The predicted octanol–water partition coefficient (Wildman–Crippen LogP) is 5.53. The van der Waals surface area contributed by atoms with Gasteiger partial charge < -0.3 is 4.52 Å². The van der Waals surface area contributed by atoms with Crippen molar-refractivity contribution in [2.24, 2.45) is 0 Å². The van der Waals surface area contributed by atoms with E-state index in [1.807, 2.05) is 32.0 Å². The largest absolute Gasteiger partial charge is 0.339 e. The van der Waals surface area contributed by atoms with Crippen LogP contribution in [0.2, 0.25) is 5.02 Å². The Bertz CT molecular complexity index is 1140. The fraction of sp³-hybridized carbons (Fsp3) is 0.200. The van der Waals surface area contributed by atoms with E-state index in [1.54, 1.807) is 28.8 Å². The van der Waals surface area contributed by atoms with Crippen LogP contribution in [0.4, 0.5) is 4.39 Å². The Morgan fingerprint density at radius 3 is 2.59 bits per heavy atom. The number of hydrogen-bond donors (Lipinski definition) is 0. The van der Waals surface area contributed by atoms with Gasteiger partial charge in [-0.2, -0.15) is 4.98 Å². The Kier molecular flexibility index (Phi) is 5.64. The summed E-state index contributed by atoms with van der Waals surface area (Å²) in [5.41, 5.74) is 1.00. The smallest absolute Gasteiger partial charge is 0.229 e. The second kappa shape index (κ2) is 8.34. The zero-order chi connectivity index (χ0) is 20.4. The van der Waals surface area contributed by atoms with E-state index in [1.165, 1.54) is 17.8 Å². The molecule has 0 radical (unpaired) electrons. The van der Waals surface area contributed by atoms with Crippen molar-refractivity contribution in [3.63, 3.8) is 0 Å². The summed E-state index contributed by atoms with van der Waals surface area (Å²) in [6.45, 7) is 3.96. The maximum Gasteiger partial charge on any atom is 0.229 e.